The molecule has 1 unspecified atom stereocenters. The van der Waals surface area contributed by atoms with Gasteiger partial charge in [0.2, 0.25) is 0 Å². The molecule has 2 heterocycles. The lowest BCUT2D eigenvalue weighted by atomic mass is 10.1. The summed E-state index contributed by atoms with van der Waals surface area (Å²) in [7, 11) is 2.21. The number of hydrogen-bond acceptors (Lipinski definition) is 5. The van der Waals surface area contributed by atoms with Crippen molar-refractivity contribution in [2.24, 2.45) is 0 Å². The number of nitrogens with one attached hydrogen (secondary N) is 1. The predicted molar refractivity (Wildman–Crippen MR) is 96.9 cm³/mol. The van der Waals surface area contributed by atoms with Crippen molar-refractivity contribution in [3.05, 3.63) is 10.6 Å². The summed E-state index contributed by atoms with van der Waals surface area (Å²) in [6.07, 6.45) is 1.29. The minimum atomic E-state index is 0.145. The Kier molecular flexibility index (Phi) is 5.60. The highest BCUT2D eigenvalue weighted by molar-refractivity contribution is 7.99. The summed E-state index contributed by atoms with van der Waals surface area (Å²) in [5, 5.41) is 4.79. The Balaban J connectivity index is 2.15. The molecule has 3 nitrogen and oxygen atoms in total. The molecule has 0 saturated carbocycles. The Morgan fingerprint density at radius 2 is 2.10 bits per heavy atom. The first-order valence-electron chi connectivity index (χ1n) is 7.83. The van der Waals surface area contributed by atoms with Crippen molar-refractivity contribution in [1.82, 2.24) is 10.3 Å². The van der Waals surface area contributed by atoms with Gasteiger partial charge in [-0.25, -0.2) is 4.98 Å². The maximum atomic E-state index is 4.95. The third kappa shape index (κ3) is 4.60. The number of hydrogen-bond donors (Lipinski definition) is 1. The molecule has 0 radical (unpaired) electrons. The van der Waals surface area contributed by atoms with E-state index in [1.54, 1.807) is 0 Å². The summed E-state index contributed by atoms with van der Waals surface area (Å²) < 4.78 is 0. The normalized spacial score (nSPS) is 19.5. The molecule has 120 valence electrons. The Morgan fingerprint density at radius 3 is 2.62 bits per heavy atom. The van der Waals surface area contributed by atoms with Crippen molar-refractivity contribution in [2.75, 3.05) is 23.5 Å². The molecule has 0 amide bonds. The van der Waals surface area contributed by atoms with Crippen LogP contribution < -0.4 is 10.2 Å². The van der Waals surface area contributed by atoms with Crippen molar-refractivity contribution in [1.29, 1.82) is 0 Å². The highest BCUT2D eigenvalue weighted by Crippen LogP contribution is 2.33. The van der Waals surface area contributed by atoms with E-state index in [0.717, 1.165) is 6.54 Å². The molecule has 0 aliphatic carbocycles. The van der Waals surface area contributed by atoms with Gasteiger partial charge in [-0.2, -0.15) is 11.8 Å². The van der Waals surface area contributed by atoms with Crippen LogP contribution in [0.3, 0.4) is 0 Å². The van der Waals surface area contributed by atoms with E-state index in [1.165, 1.54) is 33.6 Å². The van der Waals surface area contributed by atoms with Crippen LogP contribution in [0.2, 0.25) is 0 Å². The SMILES string of the molecule is CC(C)c1nc(N(C)C2CCSC2)sc1CNC(C)(C)C. The minimum absolute atomic E-state index is 0.145. The fourth-order valence-electron chi connectivity index (χ4n) is 2.41. The maximum absolute atomic E-state index is 4.95. The molecule has 0 spiro atoms. The van der Waals surface area contributed by atoms with Gasteiger partial charge in [-0.15, -0.1) is 11.3 Å². The quantitative estimate of drug-likeness (QED) is 0.881. The Morgan fingerprint density at radius 1 is 1.38 bits per heavy atom. The van der Waals surface area contributed by atoms with Crippen molar-refractivity contribution in [3.63, 3.8) is 0 Å². The fourth-order valence-corrected chi connectivity index (χ4v) is 4.86. The Labute approximate surface area is 137 Å². The van der Waals surface area contributed by atoms with Gasteiger partial charge in [-0.05, 0) is 38.9 Å². The molecule has 1 N–H and O–H groups in total. The van der Waals surface area contributed by atoms with E-state index >= 15 is 0 Å². The van der Waals surface area contributed by atoms with Gasteiger partial charge in [0.05, 0.1) is 5.69 Å². The van der Waals surface area contributed by atoms with E-state index in [4.69, 9.17) is 4.98 Å². The van der Waals surface area contributed by atoms with Crippen LogP contribution in [0.15, 0.2) is 0 Å². The third-order valence-corrected chi connectivity index (χ3v) is 6.10. The van der Waals surface area contributed by atoms with Gasteiger partial charge in [-0.1, -0.05) is 13.8 Å². The predicted octanol–water partition coefficient (Wildman–Crippen LogP) is 4.10. The number of thiazole rings is 1. The molecule has 1 aromatic heterocycles. The number of nitrogens with zero attached hydrogens (tertiary/aromatic N) is 2. The molecule has 0 aromatic carbocycles. The van der Waals surface area contributed by atoms with E-state index in [-0.39, 0.29) is 5.54 Å². The van der Waals surface area contributed by atoms with Gasteiger partial charge >= 0.3 is 0 Å². The summed E-state index contributed by atoms with van der Waals surface area (Å²) in [6, 6.07) is 0.657. The summed E-state index contributed by atoms with van der Waals surface area (Å²) in [4.78, 5) is 8.75. The average molecular weight is 328 g/mol. The van der Waals surface area contributed by atoms with E-state index in [9.17, 15) is 0 Å². The molecule has 1 fully saturated rings. The molecule has 1 saturated heterocycles. The fraction of sp³-hybridized carbons (Fsp3) is 0.812. The van der Waals surface area contributed by atoms with E-state index in [2.05, 4.69) is 63.6 Å². The summed E-state index contributed by atoms with van der Waals surface area (Å²) in [5.41, 5.74) is 1.41. The van der Waals surface area contributed by atoms with Crippen molar-refractivity contribution < 1.29 is 0 Å². The zero-order valence-electron chi connectivity index (χ0n) is 14.2. The topological polar surface area (TPSA) is 28.2 Å². The van der Waals surface area contributed by atoms with E-state index in [0.29, 0.717) is 12.0 Å². The van der Waals surface area contributed by atoms with Gasteiger partial charge in [0.1, 0.15) is 0 Å². The molecular formula is C16H29N3S2. The van der Waals surface area contributed by atoms with Crippen molar-refractivity contribution in [2.45, 2.75) is 65.1 Å². The summed E-state index contributed by atoms with van der Waals surface area (Å²) >= 11 is 3.93. The maximum Gasteiger partial charge on any atom is 0.185 e. The van der Waals surface area contributed by atoms with Crippen LogP contribution in [0, 0.1) is 0 Å². The zero-order chi connectivity index (χ0) is 15.6. The first-order valence-corrected chi connectivity index (χ1v) is 9.80. The van der Waals surface area contributed by atoms with Gasteiger partial charge in [-0.3, -0.25) is 0 Å². The van der Waals surface area contributed by atoms with Gasteiger partial charge in [0.25, 0.3) is 0 Å². The lowest BCUT2D eigenvalue weighted by Gasteiger charge is -2.22. The van der Waals surface area contributed by atoms with Crippen LogP contribution >= 0.6 is 23.1 Å². The molecule has 1 aliphatic rings. The van der Waals surface area contributed by atoms with Gasteiger partial charge in [0.15, 0.2) is 5.13 Å². The number of thioether (sulfide) groups is 1. The van der Waals surface area contributed by atoms with Crippen LogP contribution in [-0.2, 0) is 6.54 Å². The highest BCUT2D eigenvalue weighted by atomic mass is 32.2. The second kappa shape index (κ2) is 6.88. The first-order chi connectivity index (χ1) is 9.78. The lowest BCUT2D eigenvalue weighted by Crippen LogP contribution is -2.35. The van der Waals surface area contributed by atoms with E-state index < -0.39 is 0 Å². The molecule has 0 bridgehead atoms. The van der Waals surface area contributed by atoms with Crippen LogP contribution in [0.5, 0.6) is 0 Å². The first kappa shape index (κ1) is 17.1. The Bertz CT molecular complexity index is 457. The third-order valence-electron chi connectivity index (χ3n) is 3.80. The highest BCUT2D eigenvalue weighted by Gasteiger charge is 2.24. The molecule has 1 aliphatic heterocycles. The van der Waals surface area contributed by atoms with Gasteiger partial charge in [0, 0.05) is 35.8 Å². The van der Waals surface area contributed by atoms with Crippen LogP contribution in [0.4, 0.5) is 5.13 Å². The smallest absolute Gasteiger partial charge is 0.185 e. The molecule has 1 atom stereocenters. The van der Waals surface area contributed by atoms with E-state index in [1.807, 2.05) is 11.3 Å². The van der Waals surface area contributed by atoms with Gasteiger partial charge < -0.3 is 10.2 Å². The van der Waals surface area contributed by atoms with Crippen molar-refractivity contribution in [3.8, 4) is 0 Å². The monoisotopic (exact) mass is 327 g/mol. The number of anilines is 1. The van der Waals surface area contributed by atoms with Crippen LogP contribution in [-0.4, -0.2) is 35.1 Å². The summed E-state index contributed by atoms with van der Waals surface area (Å²) in [6.45, 7) is 12.0. The standard InChI is InChI=1S/C16H29N3S2/c1-11(2)14-13(9-17-16(3,4)5)21-15(18-14)19(6)12-7-8-20-10-12/h11-12,17H,7-10H2,1-6H3. The van der Waals surface area contributed by atoms with Crippen LogP contribution in [0.1, 0.15) is 57.5 Å². The van der Waals surface area contributed by atoms with Crippen molar-refractivity contribution >= 4 is 28.2 Å². The molecule has 21 heavy (non-hydrogen) atoms. The van der Waals surface area contributed by atoms with Crippen LogP contribution in [0.25, 0.3) is 0 Å². The Hall–Kier alpha value is -0.260. The number of rotatable bonds is 5. The second-order valence-corrected chi connectivity index (χ2v) is 9.40. The molecular weight excluding hydrogens is 298 g/mol. The number of aromatic nitrogens is 1. The minimum Gasteiger partial charge on any atom is -0.347 e. The average Bonchev–Trinajstić information content (AvgIpc) is 3.04. The largest absolute Gasteiger partial charge is 0.347 e. The lowest BCUT2D eigenvalue weighted by molar-refractivity contribution is 0.425. The molecule has 5 heteroatoms. The zero-order valence-corrected chi connectivity index (χ0v) is 15.8. The molecule has 2 rings (SSSR count). The summed E-state index contributed by atoms with van der Waals surface area (Å²) in [5.74, 6) is 3.01. The molecule has 1 aromatic rings. The second-order valence-electron chi connectivity index (χ2n) is 7.19.